The van der Waals surface area contributed by atoms with Crippen molar-refractivity contribution in [1.29, 1.82) is 0 Å². The van der Waals surface area contributed by atoms with Gasteiger partial charge in [-0.3, -0.25) is 4.79 Å². The maximum Gasteiger partial charge on any atom is 0.338 e. The van der Waals surface area contributed by atoms with Gasteiger partial charge >= 0.3 is 5.97 Å². The third-order valence-electron chi connectivity index (χ3n) is 4.70. The zero-order valence-corrected chi connectivity index (χ0v) is 17.6. The second kappa shape index (κ2) is 8.95. The van der Waals surface area contributed by atoms with Crippen molar-refractivity contribution in [2.24, 2.45) is 5.73 Å². The lowest BCUT2D eigenvalue weighted by molar-refractivity contribution is -0.0440. The van der Waals surface area contributed by atoms with Crippen LogP contribution in [0, 0.1) is 0 Å². The van der Waals surface area contributed by atoms with E-state index in [2.05, 4.69) is 0 Å². The van der Waals surface area contributed by atoms with E-state index in [0.717, 1.165) is 0 Å². The number of hydrogen-bond donors (Lipinski definition) is 1. The Morgan fingerprint density at radius 3 is 2.30 bits per heavy atom. The van der Waals surface area contributed by atoms with Crippen LogP contribution < -0.4 is 5.73 Å². The summed E-state index contributed by atoms with van der Waals surface area (Å²) in [6, 6.07) is 12.1. The number of primary amides is 1. The zero-order valence-electron chi connectivity index (χ0n) is 16.8. The number of sulfonamides is 1. The first-order chi connectivity index (χ1) is 14.2. The predicted molar refractivity (Wildman–Crippen MR) is 109 cm³/mol. The quantitative estimate of drug-likeness (QED) is 0.698. The molecule has 0 bridgehead atoms. The molecule has 2 aromatic rings. The molecule has 3 rings (SSSR count). The lowest BCUT2D eigenvalue weighted by atomic mass is 10.1. The molecule has 160 valence electrons. The molecule has 1 saturated heterocycles. The summed E-state index contributed by atoms with van der Waals surface area (Å²) in [5.41, 5.74) is 6.41. The highest BCUT2D eigenvalue weighted by Crippen LogP contribution is 2.22. The van der Waals surface area contributed by atoms with Crippen molar-refractivity contribution < 1.29 is 27.5 Å². The third kappa shape index (κ3) is 5.05. The van der Waals surface area contributed by atoms with Gasteiger partial charge in [-0.25, -0.2) is 13.2 Å². The van der Waals surface area contributed by atoms with Crippen LogP contribution in [-0.4, -0.2) is 49.9 Å². The van der Waals surface area contributed by atoms with Crippen LogP contribution in [0.4, 0.5) is 0 Å². The summed E-state index contributed by atoms with van der Waals surface area (Å²) in [7, 11) is -3.68. The average Bonchev–Trinajstić information content (AvgIpc) is 2.71. The van der Waals surface area contributed by atoms with Crippen LogP contribution in [0.15, 0.2) is 53.4 Å². The summed E-state index contributed by atoms with van der Waals surface area (Å²) in [4.78, 5) is 23.6. The van der Waals surface area contributed by atoms with E-state index < -0.39 is 21.9 Å². The Morgan fingerprint density at radius 2 is 1.70 bits per heavy atom. The Labute approximate surface area is 175 Å². The fourth-order valence-corrected chi connectivity index (χ4v) is 4.88. The van der Waals surface area contributed by atoms with Crippen LogP contribution in [0.1, 0.15) is 40.1 Å². The number of carbonyl (C=O) groups is 2. The van der Waals surface area contributed by atoms with Gasteiger partial charge in [-0.05, 0) is 55.8 Å². The highest BCUT2D eigenvalue weighted by atomic mass is 32.2. The van der Waals surface area contributed by atoms with Gasteiger partial charge in [0.15, 0.2) is 0 Å². The fourth-order valence-electron chi connectivity index (χ4n) is 3.29. The molecule has 0 spiro atoms. The number of esters is 1. The molecule has 2 unspecified atom stereocenters. The van der Waals surface area contributed by atoms with Gasteiger partial charge < -0.3 is 15.2 Å². The number of hydrogen-bond acceptors (Lipinski definition) is 6. The lowest BCUT2D eigenvalue weighted by Crippen LogP contribution is -2.48. The molecule has 2 N–H and O–H groups in total. The van der Waals surface area contributed by atoms with Crippen LogP contribution in [0.25, 0.3) is 0 Å². The van der Waals surface area contributed by atoms with Gasteiger partial charge in [0.25, 0.3) is 0 Å². The van der Waals surface area contributed by atoms with Crippen LogP contribution in [0.5, 0.6) is 0 Å². The van der Waals surface area contributed by atoms with E-state index in [-0.39, 0.29) is 42.4 Å². The average molecular weight is 432 g/mol. The second-order valence-corrected chi connectivity index (χ2v) is 9.18. The Morgan fingerprint density at radius 1 is 1.07 bits per heavy atom. The molecule has 1 fully saturated rings. The molecule has 1 aliphatic rings. The maximum atomic E-state index is 12.9. The SMILES string of the molecule is CC1CN(S(=O)(=O)c2ccc(C(=O)OCc3cccc(C(N)=O)c3)cc2)CC(C)O1. The maximum absolute atomic E-state index is 12.9. The van der Waals surface area contributed by atoms with Crippen molar-refractivity contribution >= 4 is 21.9 Å². The van der Waals surface area contributed by atoms with E-state index in [1.165, 1.54) is 28.6 Å². The number of carbonyl (C=O) groups excluding carboxylic acids is 2. The molecule has 0 aliphatic carbocycles. The van der Waals surface area contributed by atoms with Crippen molar-refractivity contribution in [2.75, 3.05) is 13.1 Å². The van der Waals surface area contributed by atoms with Gasteiger partial charge in [-0.1, -0.05) is 12.1 Å². The van der Waals surface area contributed by atoms with E-state index >= 15 is 0 Å². The Kier molecular flexibility index (Phi) is 6.55. The summed E-state index contributed by atoms with van der Waals surface area (Å²) in [5.74, 6) is -1.17. The Bertz CT molecular complexity index is 1030. The number of nitrogens with two attached hydrogens (primary N) is 1. The first-order valence-corrected chi connectivity index (χ1v) is 10.9. The van der Waals surface area contributed by atoms with Crippen LogP contribution in [0.3, 0.4) is 0 Å². The van der Waals surface area contributed by atoms with E-state index in [4.69, 9.17) is 15.2 Å². The second-order valence-electron chi connectivity index (χ2n) is 7.24. The fraction of sp³-hybridized carbons (Fsp3) is 0.333. The minimum atomic E-state index is -3.68. The summed E-state index contributed by atoms with van der Waals surface area (Å²) < 4.78 is 38.0. The predicted octanol–water partition coefficient (Wildman–Crippen LogP) is 1.94. The molecule has 9 heteroatoms. The number of nitrogens with zero attached hydrogens (tertiary/aromatic N) is 1. The molecule has 30 heavy (non-hydrogen) atoms. The van der Waals surface area contributed by atoms with Crippen molar-refractivity contribution in [2.45, 2.75) is 37.6 Å². The summed E-state index contributed by atoms with van der Waals surface area (Å²) in [5, 5.41) is 0. The minimum absolute atomic E-state index is 0.0381. The van der Waals surface area contributed by atoms with Crippen molar-refractivity contribution in [3.63, 3.8) is 0 Å². The Hall–Kier alpha value is -2.75. The van der Waals surface area contributed by atoms with E-state index in [9.17, 15) is 18.0 Å². The van der Waals surface area contributed by atoms with E-state index in [1.54, 1.807) is 24.3 Å². The molecule has 1 aliphatic heterocycles. The molecule has 0 radical (unpaired) electrons. The van der Waals surface area contributed by atoms with Gasteiger partial charge in [0.1, 0.15) is 6.61 Å². The van der Waals surface area contributed by atoms with Crippen LogP contribution in [0.2, 0.25) is 0 Å². The molecular formula is C21H24N2O6S. The smallest absolute Gasteiger partial charge is 0.338 e. The number of rotatable bonds is 6. The molecule has 8 nitrogen and oxygen atoms in total. The van der Waals surface area contributed by atoms with E-state index in [1.807, 2.05) is 13.8 Å². The summed E-state index contributed by atoms with van der Waals surface area (Å²) in [6.07, 6.45) is -0.378. The largest absolute Gasteiger partial charge is 0.457 e. The molecule has 2 aromatic carbocycles. The standard InChI is InChI=1S/C21H24N2O6S/c1-14-11-23(12-15(2)29-14)30(26,27)19-8-6-17(7-9-19)21(25)28-13-16-4-3-5-18(10-16)20(22)24/h3-10,14-15H,11-13H2,1-2H3,(H2,22,24). The van der Waals surface area contributed by atoms with Gasteiger partial charge in [0, 0.05) is 18.7 Å². The molecule has 1 heterocycles. The van der Waals surface area contributed by atoms with Crippen LogP contribution >= 0.6 is 0 Å². The molecular weight excluding hydrogens is 408 g/mol. The van der Waals surface area contributed by atoms with Gasteiger partial charge in [0.05, 0.1) is 22.7 Å². The normalized spacial score (nSPS) is 19.9. The number of amides is 1. The Balaban J connectivity index is 1.67. The van der Waals surface area contributed by atoms with Gasteiger partial charge in [-0.2, -0.15) is 4.31 Å². The molecule has 2 atom stereocenters. The van der Waals surface area contributed by atoms with E-state index in [0.29, 0.717) is 11.1 Å². The number of benzene rings is 2. The van der Waals surface area contributed by atoms with Gasteiger partial charge in [0.2, 0.25) is 15.9 Å². The topological polar surface area (TPSA) is 116 Å². The van der Waals surface area contributed by atoms with Crippen LogP contribution in [-0.2, 0) is 26.1 Å². The first kappa shape index (κ1) is 21.9. The highest BCUT2D eigenvalue weighted by Gasteiger charge is 2.32. The van der Waals surface area contributed by atoms with Crippen molar-refractivity contribution in [1.82, 2.24) is 4.31 Å². The van der Waals surface area contributed by atoms with Crippen molar-refractivity contribution in [3.8, 4) is 0 Å². The third-order valence-corrected chi connectivity index (χ3v) is 6.54. The molecule has 0 saturated carbocycles. The molecule has 1 amide bonds. The van der Waals surface area contributed by atoms with Crippen molar-refractivity contribution in [3.05, 3.63) is 65.2 Å². The zero-order chi connectivity index (χ0) is 21.9. The monoisotopic (exact) mass is 432 g/mol. The summed E-state index contributed by atoms with van der Waals surface area (Å²) >= 11 is 0. The highest BCUT2D eigenvalue weighted by molar-refractivity contribution is 7.89. The summed E-state index contributed by atoms with van der Waals surface area (Å²) in [6.45, 7) is 4.18. The lowest BCUT2D eigenvalue weighted by Gasteiger charge is -2.34. The number of morpholine rings is 1. The van der Waals surface area contributed by atoms with Gasteiger partial charge in [-0.15, -0.1) is 0 Å². The molecule has 0 aromatic heterocycles. The first-order valence-electron chi connectivity index (χ1n) is 9.48. The minimum Gasteiger partial charge on any atom is -0.457 e. The number of ether oxygens (including phenoxy) is 2.